The maximum Gasteiger partial charge on any atom is 0.254 e. The fourth-order valence-electron chi connectivity index (χ4n) is 3.69. The Balaban J connectivity index is 1.59. The number of aryl methyl sites for hydroxylation is 2. The third-order valence-corrected chi connectivity index (χ3v) is 4.83. The number of morpholine rings is 1. The minimum Gasteiger partial charge on any atom is -0.372 e. The number of nitrogens with two attached hydrogens (primary N) is 1. The van der Waals surface area contributed by atoms with Crippen molar-refractivity contribution < 1.29 is 9.53 Å². The van der Waals surface area contributed by atoms with Crippen LogP contribution in [0.5, 0.6) is 0 Å². The van der Waals surface area contributed by atoms with E-state index >= 15 is 0 Å². The average Bonchev–Trinajstić information content (AvgIpc) is 2.64. The van der Waals surface area contributed by atoms with Crippen LogP contribution in [0, 0.1) is 13.8 Å². The van der Waals surface area contributed by atoms with Gasteiger partial charge in [-0.25, -0.2) is 4.99 Å². The van der Waals surface area contributed by atoms with Crippen molar-refractivity contribution in [3.63, 3.8) is 0 Å². The number of ether oxygens (including phenoxy) is 1. The summed E-state index contributed by atoms with van der Waals surface area (Å²) in [6.07, 6.45) is 0.118. The topological polar surface area (TPSA) is 79.9 Å². The van der Waals surface area contributed by atoms with E-state index < -0.39 is 0 Å². The number of nitrogens with zero attached hydrogens (tertiary/aromatic N) is 2. The summed E-state index contributed by atoms with van der Waals surface area (Å²) < 4.78 is 5.71. The summed E-state index contributed by atoms with van der Waals surface area (Å²) in [6, 6.07) is 13.7. The van der Waals surface area contributed by atoms with Gasteiger partial charge in [-0.15, -0.1) is 0 Å². The molecule has 0 aliphatic carbocycles. The van der Waals surface area contributed by atoms with Crippen LogP contribution in [0.4, 0.5) is 5.69 Å². The van der Waals surface area contributed by atoms with E-state index in [1.165, 1.54) is 11.1 Å². The van der Waals surface area contributed by atoms with Crippen molar-refractivity contribution in [2.24, 2.45) is 10.7 Å². The lowest BCUT2D eigenvalue weighted by Crippen LogP contribution is -2.48. The van der Waals surface area contributed by atoms with Crippen LogP contribution in [-0.4, -0.2) is 42.1 Å². The minimum atomic E-state index is 0.0399. The van der Waals surface area contributed by atoms with Crippen LogP contribution in [-0.2, 0) is 11.3 Å². The third kappa shape index (κ3) is 5.81. The normalized spacial score (nSPS) is 19.9. The van der Waals surface area contributed by atoms with E-state index in [0.29, 0.717) is 31.2 Å². The number of amides is 1. The Morgan fingerprint density at radius 2 is 1.69 bits per heavy atom. The van der Waals surface area contributed by atoms with Gasteiger partial charge in [-0.3, -0.25) is 4.79 Å². The Hall–Kier alpha value is -2.86. The van der Waals surface area contributed by atoms with Crippen LogP contribution < -0.4 is 11.1 Å². The molecule has 1 saturated heterocycles. The lowest BCUT2D eigenvalue weighted by atomic mass is 10.1. The second-order valence-electron chi connectivity index (χ2n) is 7.87. The summed E-state index contributed by atoms with van der Waals surface area (Å²) in [7, 11) is 0. The number of nitrogens with one attached hydrogen (secondary N) is 1. The van der Waals surface area contributed by atoms with Crippen molar-refractivity contribution in [1.29, 1.82) is 0 Å². The molecule has 0 radical (unpaired) electrons. The second-order valence-corrected chi connectivity index (χ2v) is 7.87. The molecule has 2 aromatic carbocycles. The molecule has 3 rings (SSSR count). The summed E-state index contributed by atoms with van der Waals surface area (Å²) in [6.45, 7) is 9.77. The first-order valence-electron chi connectivity index (χ1n) is 9.99. The molecule has 0 aromatic heterocycles. The van der Waals surface area contributed by atoms with Gasteiger partial charge in [0.05, 0.1) is 18.8 Å². The van der Waals surface area contributed by atoms with Crippen LogP contribution in [0.25, 0.3) is 0 Å². The predicted octanol–water partition coefficient (Wildman–Crippen LogP) is 3.48. The number of rotatable bonds is 4. The highest BCUT2D eigenvalue weighted by Gasteiger charge is 2.26. The van der Waals surface area contributed by atoms with E-state index in [2.05, 4.69) is 16.4 Å². The van der Waals surface area contributed by atoms with Crippen molar-refractivity contribution >= 4 is 17.6 Å². The minimum absolute atomic E-state index is 0.0399. The van der Waals surface area contributed by atoms with E-state index in [-0.39, 0.29) is 18.1 Å². The largest absolute Gasteiger partial charge is 0.372 e. The standard InChI is InChI=1S/C23H30N4O2/c1-15-9-16(2)11-21(10-15)26-23(24)25-12-19-5-7-20(8-6-19)22(28)27-13-17(3)29-18(4)14-27/h5-11,17-18H,12-14H2,1-4H3,(H3,24,25,26). The first kappa shape index (κ1) is 20.9. The van der Waals surface area contributed by atoms with Crippen molar-refractivity contribution in [2.75, 3.05) is 18.4 Å². The number of carbonyl (C=O) groups is 1. The number of benzene rings is 2. The fraction of sp³-hybridized carbons (Fsp3) is 0.391. The summed E-state index contributed by atoms with van der Waals surface area (Å²) in [4.78, 5) is 19.0. The Morgan fingerprint density at radius 1 is 1.10 bits per heavy atom. The SMILES string of the molecule is Cc1cc(C)cc(NC(N)=NCc2ccc(C(=O)N3CC(C)OC(C)C3)cc2)c1. The van der Waals surface area contributed by atoms with Gasteiger partial charge in [-0.05, 0) is 68.7 Å². The van der Waals surface area contributed by atoms with Crippen LogP contribution in [0.3, 0.4) is 0 Å². The molecule has 3 N–H and O–H groups in total. The van der Waals surface area contributed by atoms with E-state index in [4.69, 9.17) is 10.5 Å². The summed E-state index contributed by atoms with van der Waals surface area (Å²) in [5, 5.41) is 3.13. The van der Waals surface area contributed by atoms with E-state index in [1.54, 1.807) is 0 Å². The van der Waals surface area contributed by atoms with Gasteiger partial charge in [0, 0.05) is 24.3 Å². The Morgan fingerprint density at radius 3 is 2.28 bits per heavy atom. The third-order valence-electron chi connectivity index (χ3n) is 4.83. The number of aliphatic imine (C=N–C) groups is 1. The molecule has 1 aliphatic rings. The highest BCUT2D eigenvalue weighted by molar-refractivity contribution is 5.94. The zero-order chi connectivity index (χ0) is 21.0. The molecule has 6 nitrogen and oxygen atoms in total. The molecule has 1 fully saturated rings. The molecular weight excluding hydrogens is 364 g/mol. The smallest absolute Gasteiger partial charge is 0.254 e. The summed E-state index contributed by atoms with van der Waals surface area (Å²) in [5.74, 6) is 0.407. The van der Waals surface area contributed by atoms with Gasteiger partial charge in [-0.2, -0.15) is 0 Å². The molecular formula is C23H30N4O2. The highest BCUT2D eigenvalue weighted by Crippen LogP contribution is 2.16. The summed E-state index contributed by atoms with van der Waals surface area (Å²) >= 11 is 0. The monoisotopic (exact) mass is 394 g/mol. The summed E-state index contributed by atoms with van der Waals surface area (Å²) in [5.41, 5.74) is 11.0. The van der Waals surface area contributed by atoms with E-state index in [9.17, 15) is 4.79 Å². The van der Waals surface area contributed by atoms with E-state index in [1.807, 2.05) is 69.0 Å². The number of hydrogen-bond acceptors (Lipinski definition) is 3. The number of hydrogen-bond donors (Lipinski definition) is 2. The van der Waals surface area contributed by atoms with Gasteiger partial charge in [0.25, 0.3) is 5.91 Å². The molecule has 1 aliphatic heterocycles. The second kappa shape index (κ2) is 9.09. The molecule has 2 unspecified atom stereocenters. The van der Waals surface area contributed by atoms with Gasteiger partial charge in [0.15, 0.2) is 5.96 Å². The molecule has 1 heterocycles. The molecule has 154 valence electrons. The van der Waals surface area contributed by atoms with Crippen LogP contribution in [0.15, 0.2) is 47.5 Å². The zero-order valence-electron chi connectivity index (χ0n) is 17.6. The lowest BCUT2D eigenvalue weighted by molar-refractivity contribution is -0.0586. The van der Waals surface area contributed by atoms with Crippen LogP contribution in [0.1, 0.15) is 40.9 Å². The first-order valence-corrected chi connectivity index (χ1v) is 9.99. The lowest BCUT2D eigenvalue weighted by Gasteiger charge is -2.35. The van der Waals surface area contributed by atoms with Crippen LogP contribution >= 0.6 is 0 Å². The van der Waals surface area contributed by atoms with Crippen molar-refractivity contribution in [1.82, 2.24) is 4.90 Å². The maximum atomic E-state index is 12.7. The zero-order valence-corrected chi connectivity index (χ0v) is 17.6. The van der Waals surface area contributed by atoms with Crippen molar-refractivity contribution in [3.05, 3.63) is 64.7 Å². The average molecular weight is 395 g/mol. The molecule has 0 spiro atoms. The van der Waals surface area contributed by atoms with E-state index in [0.717, 1.165) is 11.3 Å². The molecule has 2 aromatic rings. The number of anilines is 1. The van der Waals surface area contributed by atoms with Crippen molar-refractivity contribution in [3.8, 4) is 0 Å². The molecule has 0 bridgehead atoms. The fourth-order valence-corrected chi connectivity index (χ4v) is 3.69. The Bertz CT molecular complexity index is 862. The Labute approximate surface area is 172 Å². The molecule has 1 amide bonds. The van der Waals surface area contributed by atoms with Crippen LogP contribution in [0.2, 0.25) is 0 Å². The van der Waals surface area contributed by atoms with Gasteiger partial charge < -0.3 is 20.7 Å². The van der Waals surface area contributed by atoms with Gasteiger partial charge in [-0.1, -0.05) is 18.2 Å². The maximum absolute atomic E-state index is 12.7. The number of carbonyl (C=O) groups excluding carboxylic acids is 1. The molecule has 29 heavy (non-hydrogen) atoms. The quantitative estimate of drug-likeness (QED) is 0.615. The first-order chi connectivity index (χ1) is 13.8. The predicted molar refractivity (Wildman–Crippen MR) is 117 cm³/mol. The Kier molecular flexibility index (Phi) is 6.54. The van der Waals surface area contributed by atoms with Crippen molar-refractivity contribution in [2.45, 2.75) is 46.4 Å². The van der Waals surface area contributed by atoms with Gasteiger partial charge >= 0.3 is 0 Å². The molecule has 2 atom stereocenters. The number of guanidine groups is 1. The molecule has 6 heteroatoms. The van der Waals surface area contributed by atoms with Gasteiger partial charge in [0.1, 0.15) is 0 Å². The molecule has 0 saturated carbocycles. The highest BCUT2D eigenvalue weighted by atomic mass is 16.5. The van der Waals surface area contributed by atoms with Gasteiger partial charge in [0.2, 0.25) is 0 Å².